The molecular formula is C23H26N2O4. The molecule has 6 nitrogen and oxygen atoms in total. The predicted octanol–water partition coefficient (Wildman–Crippen LogP) is 3.40. The number of benzene rings is 2. The van der Waals surface area contributed by atoms with Gasteiger partial charge in [0.1, 0.15) is 0 Å². The normalized spacial score (nSPS) is 15.5. The van der Waals surface area contributed by atoms with Crippen molar-refractivity contribution < 1.29 is 19.1 Å². The lowest BCUT2D eigenvalue weighted by Crippen LogP contribution is -2.32. The van der Waals surface area contributed by atoms with Gasteiger partial charge in [0.25, 0.3) is 11.8 Å². The quantitative estimate of drug-likeness (QED) is 0.745. The molecule has 0 bridgehead atoms. The Morgan fingerprint density at radius 3 is 2.17 bits per heavy atom. The first-order chi connectivity index (χ1) is 14.1. The second-order valence-electron chi connectivity index (χ2n) is 7.68. The van der Waals surface area contributed by atoms with E-state index < -0.39 is 0 Å². The lowest BCUT2D eigenvalue weighted by Gasteiger charge is -2.23. The van der Waals surface area contributed by atoms with E-state index in [2.05, 4.69) is 5.32 Å². The zero-order valence-corrected chi connectivity index (χ0v) is 16.8. The van der Waals surface area contributed by atoms with Gasteiger partial charge in [0.05, 0.1) is 14.2 Å². The highest BCUT2D eigenvalue weighted by Crippen LogP contribution is 2.32. The molecule has 0 aliphatic heterocycles. The molecule has 1 N–H and O–H groups in total. The summed E-state index contributed by atoms with van der Waals surface area (Å²) < 4.78 is 10.6. The van der Waals surface area contributed by atoms with E-state index in [4.69, 9.17) is 9.47 Å². The van der Waals surface area contributed by atoms with Gasteiger partial charge in [0.2, 0.25) is 0 Å². The average Bonchev–Trinajstić information content (AvgIpc) is 3.66. The van der Waals surface area contributed by atoms with E-state index in [0.717, 1.165) is 31.2 Å². The molecule has 6 heteroatoms. The number of ether oxygens (including phenoxy) is 2. The molecule has 0 unspecified atom stereocenters. The van der Waals surface area contributed by atoms with Crippen molar-refractivity contribution in [2.45, 2.75) is 44.3 Å². The van der Waals surface area contributed by atoms with Crippen LogP contribution in [-0.2, 0) is 6.54 Å². The molecule has 0 heterocycles. The summed E-state index contributed by atoms with van der Waals surface area (Å²) in [5.41, 5.74) is 2.24. The largest absolute Gasteiger partial charge is 0.493 e. The van der Waals surface area contributed by atoms with Crippen LogP contribution in [0.1, 0.15) is 52.0 Å². The van der Waals surface area contributed by atoms with E-state index in [-0.39, 0.29) is 17.9 Å². The summed E-state index contributed by atoms with van der Waals surface area (Å²) in [6.07, 6.45) is 4.17. The number of carbonyl (C=O) groups is 2. The molecular weight excluding hydrogens is 368 g/mol. The fraction of sp³-hybridized carbons (Fsp3) is 0.391. The predicted molar refractivity (Wildman–Crippen MR) is 109 cm³/mol. The number of hydrogen-bond acceptors (Lipinski definition) is 4. The van der Waals surface area contributed by atoms with E-state index in [1.807, 2.05) is 29.2 Å². The summed E-state index contributed by atoms with van der Waals surface area (Å²) in [5, 5.41) is 2.99. The molecule has 2 aromatic carbocycles. The Kier molecular flexibility index (Phi) is 5.43. The SMILES string of the molecule is COc1ccc(C(=O)N(Cc2ccc(C(=O)NC3CC3)cc2)C2CC2)cc1OC. The van der Waals surface area contributed by atoms with E-state index in [0.29, 0.717) is 35.2 Å². The third kappa shape index (κ3) is 4.53. The fourth-order valence-corrected chi connectivity index (χ4v) is 3.34. The minimum Gasteiger partial charge on any atom is -0.493 e. The number of amides is 2. The fourth-order valence-electron chi connectivity index (χ4n) is 3.34. The van der Waals surface area contributed by atoms with Crippen LogP contribution in [-0.4, -0.2) is 43.0 Å². The molecule has 0 spiro atoms. The summed E-state index contributed by atoms with van der Waals surface area (Å²) in [5.74, 6) is 1.09. The lowest BCUT2D eigenvalue weighted by molar-refractivity contribution is 0.0729. The van der Waals surface area contributed by atoms with Crippen molar-refractivity contribution in [2.75, 3.05) is 14.2 Å². The maximum absolute atomic E-state index is 13.2. The molecule has 152 valence electrons. The summed E-state index contributed by atoms with van der Waals surface area (Å²) >= 11 is 0. The number of rotatable bonds is 8. The van der Waals surface area contributed by atoms with Crippen LogP contribution in [0.15, 0.2) is 42.5 Å². The molecule has 29 heavy (non-hydrogen) atoms. The molecule has 0 aromatic heterocycles. The zero-order chi connectivity index (χ0) is 20.4. The molecule has 2 aliphatic rings. The van der Waals surface area contributed by atoms with Crippen LogP contribution in [0, 0.1) is 0 Å². The number of nitrogens with zero attached hydrogens (tertiary/aromatic N) is 1. The Morgan fingerprint density at radius 2 is 1.59 bits per heavy atom. The van der Waals surface area contributed by atoms with Gasteiger partial charge < -0.3 is 19.7 Å². The third-order valence-electron chi connectivity index (χ3n) is 5.36. The maximum atomic E-state index is 13.2. The van der Waals surface area contributed by atoms with Crippen LogP contribution in [0.2, 0.25) is 0 Å². The first-order valence-corrected chi connectivity index (χ1v) is 10.0. The van der Waals surface area contributed by atoms with Gasteiger partial charge in [-0.25, -0.2) is 0 Å². The first-order valence-electron chi connectivity index (χ1n) is 10.0. The van der Waals surface area contributed by atoms with E-state index in [1.54, 1.807) is 32.4 Å². The van der Waals surface area contributed by atoms with Gasteiger partial charge in [-0.3, -0.25) is 9.59 Å². The van der Waals surface area contributed by atoms with E-state index >= 15 is 0 Å². The Labute approximate surface area is 170 Å². The van der Waals surface area contributed by atoms with Crippen molar-refractivity contribution in [2.24, 2.45) is 0 Å². The molecule has 0 radical (unpaired) electrons. The van der Waals surface area contributed by atoms with Crippen LogP contribution in [0.4, 0.5) is 0 Å². The van der Waals surface area contributed by atoms with Gasteiger partial charge in [0.15, 0.2) is 11.5 Å². The van der Waals surface area contributed by atoms with Crippen LogP contribution in [0.5, 0.6) is 11.5 Å². The summed E-state index contributed by atoms with van der Waals surface area (Å²) in [6, 6.07) is 13.4. The first kappa shape index (κ1) is 19.3. The highest BCUT2D eigenvalue weighted by atomic mass is 16.5. The number of methoxy groups -OCH3 is 2. The summed E-state index contributed by atoms with van der Waals surface area (Å²) in [6.45, 7) is 0.516. The summed E-state index contributed by atoms with van der Waals surface area (Å²) in [4.78, 5) is 27.2. The average molecular weight is 394 g/mol. The maximum Gasteiger partial charge on any atom is 0.254 e. The molecule has 4 rings (SSSR count). The third-order valence-corrected chi connectivity index (χ3v) is 5.36. The van der Waals surface area contributed by atoms with Crippen molar-refractivity contribution in [3.05, 3.63) is 59.2 Å². The zero-order valence-electron chi connectivity index (χ0n) is 16.8. The van der Waals surface area contributed by atoms with Crippen LogP contribution in [0.25, 0.3) is 0 Å². The molecule has 0 atom stereocenters. The lowest BCUT2D eigenvalue weighted by atomic mass is 10.1. The van der Waals surface area contributed by atoms with E-state index in [9.17, 15) is 9.59 Å². The number of nitrogens with one attached hydrogen (secondary N) is 1. The van der Waals surface area contributed by atoms with Crippen LogP contribution < -0.4 is 14.8 Å². The van der Waals surface area contributed by atoms with Gasteiger partial charge >= 0.3 is 0 Å². The second kappa shape index (κ2) is 8.15. The minimum atomic E-state index is -0.0282. The van der Waals surface area contributed by atoms with Gasteiger partial charge in [0, 0.05) is 29.8 Å². The smallest absolute Gasteiger partial charge is 0.254 e. The van der Waals surface area contributed by atoms with Crippen molar-refractivity contribution in [1.82, 2.24) is 10.2 Å². The van der Waals surface area contributed by atoms with Gasteiger partial charge in [-0.2, -0.15) is 0 Å². The molecule has 2 fully saturated rings. The van der Waals surface area contributed by atoms with Crippen molar-refractivity contribution in [3.63, 3.8) is 0 Å². The van der Waals surface area contributed by atoms with E-state index in [1.165, 1.54) is 0 Å². The Bertz CT molecular complexity index is 902. The topological polar surface area (TPSA) is 67.9 Å². The molecule has 2 saturated carbocycles. The highest BCUT2D eigenvalue weighted by Gasteiger charge is 2.33. The van der Waals surface area contributed by atoms with Crippen LogP contribution in [0.3, 0.4) is 0 Å². The van der Waals surface area contributed by atoms with Gasteiger partial charge in [-0.05, 0) is 61.6 Å². The van der Waals surface area contributed by atoms with Crippen LogP contribution >= 0.6 is 0 Å². The standard InChI is InChI=1S/C23H26N2O4/c1-28-20-12-7-17(13-21(20)29-2)23(27)25(19-10-11-19)14-15-3-5-16(6-4-15)22(26)24-18-8-9-18/h3-7,12-13,18-19H,8-11,14H2,1-2H3,(H,24,26). The van der Waals surface area contributed by atoms with Gasteiger partial charge in [-0.1, -0.05) is 12.1 Å². The minimum absolute atomic E-state index is 0.0241. The molecule has 2 aliphatic carbocycles. The van der Waals surface area contributed by atoms with Crippen molar-refractivity contribution in [3.8, 4) is 11.5 Å². The number of carbonyl (C=O) groups excluding carboxylic acids is 2. The highest BCUT2D eigenvalue weighted by molar-refractivity contribution is 5.96. The molecule has 2 aromatic rings. The molecule has 0 saturated heterocycles. The second-order valence-corrected chi connectivity index (χ2v) is 7.68. The Morgan fingerprint density at radius 1 is 0.931 bits per heavy atom. The monoisotopic (exact) mass is 394 g/mol. The number of hydrogen-bond donors (Lipinski definition) is 1. The van der Waals surface area contributed by atoms with Gasteiger partial charge in [-0.15, -0.1) is 0 Å². The molecule has 2 amide bonds. The van der Waals surface area contributed by atoms with Crippen molar-refractivity contribution >= 4 is 11.8 Å². The summed E-state index contributed by atoms with van der Waals surface area (Å²) in [7, 11) is 3.14. The Hall–Kier alpha value is -3.02. The Balaban J connectivity index is 1.48. The van der Waals surface area contributed by atoms with Crippen molar-refractivity contribution in [1.29, 1.82) is 0 Å².